The number of hydrogen-bond acceptors (Lipinski definition) is 9. The molecular weight excluding hydrogens is 448 g/mol. The van der Waals surface area contributed by atoms with Gasteiger partial charge in [-0.25, -0.2) is 31.6 Å². The maximum absolute atomic E-state index is 13.2. The monoisotopic (exact) mass is 468 g/mol. The molecule has 0 spiro atoms. The minimum Gasteiger partial charge on any atom is -0.466 e. The Labute approximate surface area is 179 Å². The number of esters is 2. The van der Waals surface area contributed by atoms with Gasteiger partial charge in [0.1, 0.15) is 5.70 Å². The van der Waals surface area contributed by atoms with Crippen LogP contribution in [0.25, 0.3) is 0 Å². The molecule has 2 rings (SSSR count). The molecule has 0 saturated heterocycles. The number of benzene rings is 2. The number of ether oxygens (including phenoxy) is 2. The van der Waals surface area contributed by atoms with E-state index < -0.39 is 42.4 Å². The van der Waals surface area contributed by atoms with Crippen molar-refractivity contribution < 1.29 is 35.9 Å². The lowest BCUT2D eigenvalue weighted by Crippen LogP contribution is -2.18. The smallest absolute Gasteiger partial charge is 0.354 e. The molecule has 0 amide bonds. The van der Waals surface area contributed by atoms with Crippen molar-refractivity contribution in [2.24, 2.45) is 5.14 Å². The third kappa shape index (κ3) is 5.69. The molecule has 2 aromatic carbocycles. The van der Waals surface area contributed by atoms with Gasteiger partial charge < -0.3 is 14.8 Å². The van der Waals surface area contributed by atoms with Crippen LogP contribution in [0, 0.1) is 6.92 Å². The van der Waals surface area contributed by atoms with Crippen LogP contribution in [0.15, 0.2) is 68.9 Å². The molecule has 0 aliphatic rings. The Hall–Kier alpha value is -3.22. The highest BCUT2D eigenvalue weighted by Gasteiger charge is 2.25. The summed E-state index contributed by atoms with van der Waals surface area (Å²) in [6.07, 6.45) is 0.734. The molecule has 2 aromatic rings. The van der Waals surface area contributed by atoms with Crippen molar-refractivity contribution in [2.45, 2.75) is 21.6 Å². The predicted octanol–water partition coefficient (Wildman–Crippen LogP) is 1.12. The van der Waals surface area contributed by atoms with E-state index in [-0.39, 0.29) is 15.5 Å². The molecule has 0 aliphatic heterocycles. The quantitative estimate of drug-likeness (QED) is 0.448. The number of sulfone groups is 1. The molecule has 0 aliphatic carbocycles. The summed E-state index contributed by atoms with van der Waals surface area (Å²) in [5, 5.41) is 7.60. The summed E-state index contributed by atoms with van der Waals surface area (Å²) in [6.45, 7) is 1.78. The van der Waals surface area contributed by atoms with E-state index >= 15 is 0 Å². The maximum Gasteiger partial charge on any atom is 0.354 e. The van der Waals surface area contributed by atoms with Crippen molar-refractivity contribution >= 4 is 37.5 Å². The molecule has 0 radical (unpaired) electrons. The molecule has 0 saturated carbocycles. The van der Waals surface area contributed by atoms with Gasteiger partial charge >= 0.3 is 11.9 Å². The first-order chi connectivity index (χ1) is 14.4. The van der Waals surface area contributed by atoms with E-state index in [0.717, 1.165) is 44.1 Å². The van der Waals surface area contributed by atoms with Gasteiger partial charge in [-0.2, -0.15) is 0 Å². The first kappa shape index (κ1) is 24.1. The van der Waals surface area contributed by atoms with Gasteiger partial charge in [0.05, 0.1) is 40.7 Å². The second-order valence-corrected chi connectivity index (χ2v) is 9.70. The number of rotatable bonds is 7. The van der Waals surface area contributed by atoms with E-state index in [1.807, 2.05) is 0 Å². The molecular formula is C19H20N2O8S2. The normalized spacial score (nSPS) is 12.2. The zero-order valence-corrected chi connectivity index (χ0v) is 18.4. The van der Waals surface area contributed by atoms with Gasteiger partial charge in [-0.05, 0) is 37.3 Å². The van der Waals surface area contributed by atoms with Crippen LogP contribution in [-0.2, 0) is 38.9 Å². The minimum atomic E-state index is -4.21. The van der Waals surface area contributed by atoms with Gasteiger partial charge in [0.25, 0.3) is 0 Å². The van der Waals surface area contributed by atoms with Crippen molar-refractivity contribution in [3.63, 3.8) is 0 Å². The third-order valence-electron chi connectivity index (χ3n) is 4.04. The molecule has 0 fully saturated rings. The van der Waals surface area contributed by atoms with Crippen LogP contribution in [-0.4, -0.2) is 43.0 Å². The molecule has 0 aromatic heterocycles. The third-order valence-corrected chi connectivity index (χ3v) is 6.78. The number of carbonyl (C=O) groups excluding carboxylic acids is 2. The Morgan fingerprint density at radius 2 is 1.52 bits per heavy atom. The van der Waals surface area contributed by atoms with Gasteiger partial charge in [-0.15, -0.1) is 0 Å². The van der Waals surface area contributed by atoms with E-state index in [1.165, 1.54) is 12.1 Å². The lowest BCUT2D eigenvalue weighted by atomic mass is 10.2. The fourth-order valence-electron chi connectivity index (χ4n) is 2.44. The van der Waals surface area contributed by atoms with Crippen LogP contribution < -0.4 is 10.5 Å². The van der Waals surface area contributed by atoms with Gasteiger partial charge in [-0.1, -0.05) is 17.7 Å². The average Bonchev–Trinajstić information content (AvgIpc) is 2.72. The van der Waals surface area contributed by atoms with Crippen LogP contribution >= 0.6 is 0 Å². The molecule has 31 heavy (non-hydrogen) atoms. The van der Waals surface area contributed by atoms with E-state index in [4.69, 9.17) is 5.14 Å². The van der Waals surface area contributed by atoms with Crippen LogP contribution in [0.4, 0.5) is 5.69 Å². The predicted molar refractivity (Wildman–Crippen MR) is 110 cm³/mol. The highest BCUT2D eigenvalue weighted by Crippen LogP contribution is 2.31. The highest BCUT2D eigenvalue weighted by molar-refractivity contribution is 7.91. The van der Waals surface area contributed by atoms with E-state index in [0.29, 0.717) is 0 Å². The number of primary sulfonamides is 1. The number of nitrogens with one attached hydrogen (secondary N) is 1. The highest BCUT2D eigenvalue weighted by atomic mass is 32.2. The summed E-state index contributed by atoms with van der Waals surface area (Å²) in [7, 11) is -6.25. The summed E-state index contributed by atoms with van der Waals surface area (Å²) < 4.78 is 59.0. The molecule has 0 heterocycles. The van der Waals surface area contributed by atoms with Crippen LogP contribution in [0.3, 0.4) is 0 Å². The fraction of sp³-hybridized carbons (Fsp3) is 0.158. The topological polar surface area (TPSA) is 159 Å². The number of anilines is 1. The number of carbonyl (C=O) groups is 2. The van der Waals surface area contributed by atoms with E-state index in [9.17, 15) is 26.4 Å². The Morgan fingerprint density at radius 3 is 2.03 bits per heavy atom. The first-order valence-electron chi connectivity index (χ1n) is 8.53. The zero-order chi connectivity index (χ0) is 23.4. The number of sulfonamides is 1. The fourth-order valence-corrected chi connectivity index (χ4v) is 4.38. The van der Waals surface area contributed by atoms with Crippen LogP contribution in [0.2, 0.25) is 0 Å². The number of nitrogens with two attached hydrogens (primary N) is 1. The van der Waals surface area contributed by atoms with Crippen molar-refractivity contribution in [2.75, 3.05) is 19.5 Å². The van der Waals surface area contributed by atoms with Crippen LogP contribution in [0.1, 0.15) is 5.56 Å². The molecule has 12 heteroatoms. The first-order valence-corrected chi connectivity index (χ1v) is 11.6. The van der Waals surface area contributed by atoms with Crippen molar-refractivity contribution in [3.8, 4) is 0 Å². The molecule has 0 atom stereocenters. The van der Waals surface area contributed by atoms with Gasteiger partial charge in [0.2, 0.25) is 19.9 Å². The lowest BCUT2D eigenvalue weighted by molar-refractivity contribution is -0.138. The Kier molecular flexibility index (Phi) is 7.21. The van der Waals surface area contributed by atoms with E-state index in [2.05, 4.69) is 14.8 Å². The molecule has 3 N–H and O–H groups in total. The number of methoxy groups -OCH3 is 2. The molecule has 0 bridgehead atoms. The van der Waals surface area contributed by atoms with Crippen molar-refractivity contribution in [3.05, 3.63) is 59.8 Å². The Morgan fingerprint density at radius 1 is 0.935 bits per heavy atom. The van der Waals surface area contributed by atoms with Crippen molar-refractivity contribution in [1.82, 2.24) is 0 Å². The summed E-state index contributed by atoms with van der Waals surface area (Å²) in [6, 6.07) is 8.94. The second-order valence-electron chi connectivity index (χ2n) is 6.22. The number of hydrogen-bond donors (Lipinski definition) is 2. The van der Waals surface area contributed by atoms with Crippen molar-refractivity contribution in [1.29, 1.82) is 0 Å². The lowest BCUT2D eigenvalue weighted by Gasteiger charge is -2.15. The largest absolute Gasteiger partial charge is 0.466 e. The minimum absolute atomic E-state index is 0.0685. The number of aryl methyl sites for hydroxylation is 1. The zero-order valence-electron chi connectivity index (χ0n) is 16.8. The molecule has 166 valence electrons. The van der Waals surface area contributed by atoms with E-state index in [1.54, 1.807) is 19.1 Å². The van der Waals surface area contributed by atoms with Gasteiger partial charge in [0, 0.05) is 0 Å². The van der Waals surface area contributed by atoms with Gasteiger partial charge in [-0.3, -0.25) is 0 Å². The molecule has 0 unspecified atom stereocenters. The summed E-state index contributed by atoms with van der Waals surface area (Å²) in [5.41, 5.74) is 0.0322. The van der Waals surface area contributed by atoms with Gasteiger partial charge in [0.15, 0.2) is 0 Å². The average molecular weight is 469 g/mol. The maximum atomic E-state index is 13.2. The standard InChI is InChI=1S/C19H20N2O8S2/c1-12-4-6-13(7-5-12)30(24,25)17-9-8-14(31(20,26)27)10-15(17)21-16(19(23)29-3)11-18(22)28-2/h4-11,21H,1-3H3,(H2,20,26,27)/b16-11+. The summed E-state index contributed by atoms with van der Waals surface area (Å²) in [4.78, 5) is 22.8. The van der Waals surface area contributed by atoms with Crippen LogP contribution in [0.5, 0.6) is 0 Å². The Bertz CT molecular complexity index is 1250. The summed E-state index contributed by atoms with van der Waals surface area (Å²) in [5.74, 6) is -1.96. The SMILES string of the molecule is COC(=O)/C=C(/Nc1cc(S(N)(=O)=O)ccc1S(=O)(=O)c1ccc(C)cc1)C(=O)OC. The molecule has 10 nitrogen and oxygen atoms in total. The summed E-state index contributed by atoms with van der Waals surface area (Å²) >= 11 is 0. The second kappa shape index (κ2) is 9.29. The Balaban J connectivity index is 2.73.